The van der Waals surface area contributed by atoms with Crippen LogP contribution in [0.25, 0.3) is 11.0 Å². The summed E-state index contributed by atoms with van der Waals surface area (Å²) in [5.41, 5.74) is 1.77. The topological polar surface area (TPSA) is 36.3 Å². The summed E-state index contributed by atoms with van der Waals surface area (Å²) in [7, 11) is 0. The van der Waals surface area contributed by atoms with Gasteiger partial charge in [-0.05, 0) is 12.1 Å². The normalized spacial score (nSPS) is 20.0. The van der Waals surface area contributed by atoms with Crippen molar-refractivity contribution in [3.63, 3.8) is 0 Å². The van der Waals surface area contributed by atoms with Crippen molar-refractivity contribution in [2.24, 2.45) is 0 Å². The van der Waals surface area contributed by atoms with Crippen LogP contribution in [0.15, 0.2) is 18.2 Å². The van der Waals surface area contributed by atoms with E-state index in [2.05, 4.69) is 4.98 Å². The van der Waals surface area contributed by atoms with Crippen molar-refractivity contribution >= 4 is 34.2 Å². The molecule has 4 nitrogen and oxygen atoms in total. The molecular formula is C13H14Cl2N2O2. The molecule has 0 saturated carbocycles. The second-order valence-electron chi connectivity index (χ2n) is 4.45. The van der Waals surface area contributed by atoms with Crippen molar-refractivity contribution in [1.82, 2.24) is 9.55 Å². The van der Waals surface area contributed by atoms with Gasteiger partial charge in [0.15, 0.2) is 0 Å². The zero-order valence-electron chi connectivity index (χ0n) is 10.3. The Labute approximate surface area is 121 Å². The van der Waals surface area contributed by atoms with E-state index >= 15 is 0 Å². The van der Waals surface area contributed by atoms with Crippen molar-refractivity contribution < 1.29 is 9.47 Å². The molecule has 2 aromatic rings. The fourth-order valence-electron chi connectivity index (χ4n) is 2.33. The molecule has 1 aliphatic heterocycles. The lowest BCUT2D eigenvalue weighted by Crippen LogP contribution is -2.32. The minimum absolute atomic E-state index is 0.0180. The molecule has 1 aliphatic rings. The molecule has 1 unspecified atom stereocenters. The molecule has 1 aromatic carbocycles. The van der Waals surface area contributed by atoms with E-state index in [9.17, 15) is 0 Å². The van der Waals surface area contributed by atoms with Gasteiger partial charge in [0.25, 0.3) is 0 Å². The van der Waals surface area contributed by atoms with Crippen molar-refractivity contribution in [3.05, 3.63) is 29.0 Å². The van der Waals surface area contributed by atoms with Gasteiger partial charge in [-0.2, -0.15) is 0 Å². The van der Waals surface area contributed by atoms with Crippen LogP contribution in [-0.2, 0) is 21.9 Å². The van der Waals surface area contributed by atoms with Crippen LogP contribution in [0.1, 0.15) is 5.82 Å². The molecule has 1 atom stereocenters. The molecule has 1 aromatic heterocycles. The number of imidazole rings is 1. The van der Waals surface area contributed by atoms with Gasteiger partial charge in [-0.1, -0.05) is 17.7 Å². The van der Waals surface area contributed by atoms with Gasteiger partial charge in [0, 0.05) is 0 Å². The Morgan fingerprint density at radius 2 is 2.26 bits per heavy atom. The van der Waals surface area contributed by atoms with Crippen LogP contribution >= 0.6 is 23.2 Å². The lowest BCUT2D eigenvalue weighted by Gasteiger charge is -2.24. The number of para-hydroxylation sites is 1. The van der Waals surface area contributed by atoms with E-state index in [1.54, 1.807) is 0 Å². The zero-order valence-corrected chi connectivity index (χ0v) is 11.8. The first kappa shape index (κ1) is 13.2. The molecule has 0 bridgehead atoms. The fraction of sp³-hybridized carbons (Fsp3) is 0.462. The maximum atomic E-state index is 6.27. The maximum Gasteiger partial charge on any atom is 0.124 e. The standard InChI is InChI=1S/C13H14Cl2N2O2/c14-6-12-16-11-3-1-2-10(15)13(11)17(12)7-9-8-18-4-5-19-9/h1-3,9H,4-8H2. The Morgan fingerprint density at radius 3 is 3.00 bits per heavy atom. The van der Waals surface area contributed by atoms with Gasteiger partial charge in [-0.3, -0.25) is 0 Å². The van der Waals surface area contributed by atoms with E-state index in [4.69, 9.17) is 32.7 Å². The molecule has 1 fully saturated rings. The number of fused-ring (bicyclic) bond motifs is 1. The van der Waals surface area contributed by atoms with Crippen molar-refractivity contribution in [2.75, 3.05) is 19.8 Å². The van der Waals surface area contributed by atoms with E-state index in [1.165, 1.54) is 0 Å². The molecule has 0 radical (unpaired) electrons. The number of nitrogens with zero attached hydrogens (tertiary/aromatic N) is 2. The molecule has 2 heterocycles. The third-order valence-corrected chi connectivity index (χ3v) is 3.73. The summed E-state index contributed by atoms with van der Waals surface area (Å²) in [6, 6.07) is 5.69. The van der Waals surface area contributed by atoms with Gasteiger partial charge in [0.2, 0.25) is 0 Å². The number of rotatable bonds is 3. The van der Waals surface area contributed by atoms with Crippen LogP contribution in [0, 0.1) is 0 Å². The number of benzene rings is 1. The molecule has 6 heteroatoms. The fourth-order valence-corrected chi connectivity index (χ4v) is 2.81. The number of ether oxygens (including phenoxy) is 2. The molecule has 102 valence electrons. The number of hydrogen-bond acceptors (Lipinski definition) is 3. The molecule has 0 N–H and O–H groups in total. The van der Waals surface area contributed by atoms with E-state index < -0.39 is 0 Å². The highest BCUT2D eigenvalue weighted by atomic mass is 35.5. The summed E-state index contributed by atoms with van der Waals surface area (Å²) in [6.07, 6.45) is 0.0180. The average molecular weight is 301 g/mol. The van der Waals surface area contributed by atoms with Crippen LogP contribution in [-0.4, -0.2) is 35.5 Å². The Balaban J connectivity index is 2.00. The van der Waals surface area contributed by atoms with Crippen molar-refractivity contribution in [2.45, 2.75) is 18.5 Å². The average Bonchev–Trinajstić information content (AvgIpc) is 2.79. The summed E-state index contributed by atoms with van der Waals surface area (Å²) in [4.78, 5) is 4.51. The summed E-state index contributed by atoms with van der Waals surface area (Å²) in [6.45, 7) is 2.53. The first-order valence-electron chi connectivity index (χ1n) is 6.18. The third kappa shape index (κ3) is 2.58. The quantitative estimate of drug-likeness (QED) is 0.818. The van der Waals surface area contributed by atoms with Gasteiger partial charge < -0.3 is 14.0 Å². The summed E-state index contributed by atoms with van der Waals surface area (Å²) in [5, 5.41) is 0.679. The Kier molecular flexibility index (Phi) is 3.93. The molecule has 3 rings (SSSR count). The number of hydrogen-bond donors (Lipinski definition) is 0. The predicted molar refractivity (Wildman–Crippen MR) is 74.9 cm³/mol. The van der Waals surface area contributed by atoms with E-state index in [0.29, 0.717) is 37.3 Å². The van der Waals surface area contributed by atoms with Gasteiger partial charge in [-0.15, -0.1) is 11.6 Å². The second kappa shape index (κ2) is 5.67. The smallest absolute Gasteiger partial charge is 0.124 e. The van der Waals surface area contributed by atoms with Crippen LogP contribution in [0.4, 0.5) is 0 Å². The van der Waals surface area contributed by atoms with Crippen LogP contribution in [0.5, 0.6) is 0 Å². The summed E-state index contributed by atoms with van der Waals surface area (Å²) in [5.74, 6) is 1.15. The maximum absolute atomic E-state index is 6.27. The number of alkyl halides is 1. The molecular weight excluding hydrogens is 287 g/mol. The highest BCUT2D eigenvalue weighted by Crippen LogP contribution is 2.26. The minimum atomic E-state index is 0.0180. The molecule has 0 amide bonds. The largest absolute Gasteiger partial charge is 0.376 e. The third-order valence-electron chi connectivity index (χ3n) is 3.19. The molecule has 19 heavy (non-hydrogen) atoms. The van der Waals surface area contributed by atoms with Crippen LogP contribution in [0.2, 0.25) is 5.02 Å². The Bertz CT molecular complexity index is 579. The lowest BCUT2D eigenvalue weighted by atomic mass is 10.3. The first-order valence-corrected chi connectivity index (χ1v) is 7.10. The van der Waals surface area contributed by atoms with Crippen LogP contribution in [0.3, 0.4) is 0 Å². The molecule has 0 aliphatic carbocycles. The zero-order chi connectivity index (χ0) is 13.2. The Hall–Kier alpha value is -0.810. The number of halogens is 2. The van der Waals surface area contributed by atoms with E-state index in [1.807, 2.05) is 22.8 Å². The predicted octanol–water partition coefficient (Wildman–Crippen LogP) is 2.84. The highest BCUT2D eigenvalue weighted by Gasteiger charge is 2.19. The van der Waals surface area contributed by atoms with Gasteiger partial charge in [0.1, 0.15) is 5.82 Å². The monoisotopic (exact) mass is 300 g/mol. The first-order chi connectivity index (χ1) is 9.29. The molecule has 1 saturated heterocycles. The van der Waals surface area contributed by atoms with Gasteiger partial charge in [0.05, 0.1) is 54.4 Å². The SMILES string of the molecule is ClCc1nc2cccc(Cl)c2n1CC1COCCO1. The van der Waals surface area contributed by atoms with Gasteiger partial charge in [-0.25, -0.2) is 4.98 Å². The second-order valence-corrected chi connectivity index (χ2v) is 5.12. The minimum Gasteiger partial charge on any atom is -0.376 e. The summed E-state index contributed by atoms with van der Waals surface area (Å²) >= 11 is 12.2. The Morgan fingerprint density at radius 1 is 1.37 bits per heavy atom. The molecule has 0 spiro atoms. The van der Waals surface area contributed by atoms with Crippen molar-refractivity contribution in [3.8, 4) is 0 Å². The van der Waals surface area contributed by atoms with Crippen molar-refractivity contribution in [1.29, 1.82) is 0 Å². The number of aromatic nitrogens is 2. The highest BCUT2D eigenvalue weighted by molar-refractivity contribution is 6.35. The van der Waals surface area contributed by atoms with Gasteiger partial charge >= 0.3 is 0 Å². The lowest BCUT2D eigenvalue weighted by molar-refractivity contribution is -0.0934. The summed E-state index contributed by atoms with van der Waals surface area (Å²) < 4.78 is 13.1. The van der Waals surface area contributed by atoms with E-state index in [0.717, 1.165) is 16.9 Å². The van der Waals surface area contributed by atoms with Crippen LogP contribution < -0.4 is 0 Å². The van der Waals surface area contributed by atoms with E-state index in [-0.39, 0.29) is 6.10 Å².